The summed E-state index contributed by atoms with van der Waals surface area (Å²) in [5, 5.41) is 3.05. The van der Waals surface area contributed by atoms with Gasteiger partial charge in [0, 0.05) is 18.6 Å². The number of hydrogen-bond acceptors (Lipinski definition) is 3. The predicted molar refractivity (Wildman–Crippen MR) is 62.3 cm³/mol. The highest BCUT2D eigenvalue weighted by molar-refractivity contribution is 7.90. The van der Waals surface area contributed by atoms with E-state index >= 15 is 0 Å². The summed E-state index contributed by atoms with van der Waals surface area (Å²) in [6.45, 7) is 6.05. The van der Waals surface area contributed by atoms with Gasteiger partial charge in [0.15, 0.2) is 0 Å². The van der Waals surface area contributed by atoms with Gasteiger partial charge in [-0.2, -0.15) is 0 Å². The van der Waals surface area contributed by atoms with Crippen LogP contribution in [0.4, 0.5) is 0 Å². The minimum Gasteiger partial charge on any atom is -0.310 e. The van der Waals surface area contributed by atoms with E-state index in [-0.39, 0.29) is 5.25 Å². The van der Waals surface area contributed by atoms with Crippen molar-refractivity contribution < 1.29 is 8.42 Å². The molecule has 1 aliphatic heterocycles. The first-order valence-electron chi connectivity index (χ1n) is 5.66. The molecule has 4 nitrogen and oxygen atoms in total. The molecule has 0 aromatic carbocycles. The molecule has 90 valence electrons. The second-order valence-electron chi connectivity index (χ2n) is 4.64. The molecule has 2 atom stereocenters. The fraction of sp³-hybridized carbons (Fsp3) is 1.00. The zero-order valence-corrected chi connectivity index (χ0v) is 10.6. The average Bonchev–Trinajstić information content (AvgIpc) is 2.15. The summed E-state index contributed by atoms with van der Waals surface area (Å²) in [5.41, 5.74) is 0. The molecule has 0 radical (unpaired) electrons. The Kier molecular flexibility index (Phi) is 4.55. The van der Waals surface area contributed by atoms with Gasteiger partial charge in [0.2, 0.25) is 10.0 Å². The highest BCUT2D eigenvalue weighted by Gasteiger charge is 2.21. The molecule has 0 amide bonds. The second kappa shape index (κ2) is 5.27. The smallest absolute Gasteiger partial charge is 0.213 e. The molecule has 1 fully saturated rings. The molecule has 0 aliphatic carbocycles. The van der Waals surface area contributed by atoms with Crippen LogP contribution in [0.2, 0.25) is 0 Å². The van der Waals surface area contributed by atoms with Crippen molar-refractivity contribution >= 4 is 10.0 Å². The van der Waals surface area contributed by atoms with E-state index in [2.05, 4.69) is 17.0 Å². The van der Waals surface area contributed by atoms with Gasteiger partial charge in [-0.05, 0) is 33.6 Å². The summed E-state index contributed by atoms with van der Waals surface area (Å²) in [7, 11) is -3.11. The van der Waals surface area contributed by atoms with E-state index in [9.17, 15) is 8.42 Å². The van der Waals surface area contributed by atoms with Crippen LogP contribution in [0.25, 0.3) is 0 Å². The van der Waals surface area contributed by atoms with Gasteiger partial charge in [-0.15, -0.1) is 0 Å². The van der Waals surface area contributed by atoms with Crippen LogP contribution in [0.1, 0.15) is 40.0 Å². The molecular weight excluding hydrogens is 212 g/mol. The molecule has 1 saturated heterocycles. The monoisotopic (exact) mass is 234 g/mol. The lowest BCUT2D eigenvalue weighted by Crippen LogP contribution is -2.48. The Morgan fingerprint density at radius 2 is 2.07 bits per heavy atom. The molecule has 1 heterocycles. The molecule has 0 aromatic rings. The molecule has 0 aromatic heterocycles. The Labute approximate surface area is 92.9 Å². The van der Waals surface area contributed by atoms with Crippen LogP contribution in [0.15, 0.2) is 0 Å². The van der Waals surface area contributed by atoms with Gasteiger partial charge < -0.3 is 5.32 Å². The molecule has 5 heteroatoms. The number of rotatable bonds is 4. The Bertz CT molecular complexity index is 288. The van der Waals surface area contributed by atoms with Gasteiger partial charge in [-0.25, -0.2) is 13.1 Å². The number of hydrogen-bond donors (Lipinski definition) is 2. The largest absolute Gasteiger partial charge is 0.310 e. The van der Waals surface area contributed by atoms with E-state index in [4.69, 9.17) is 0 Å². The Hall–Kier alpha value is -0.130. The molecule has 15 heavy (non-hydrogen) atoms. The maximum absolute atomic E-state index is 11.5. The van der Waals surface area contributed by atoms with Crippen LogP contribution in [0.3, 0.4) is 0 Å². The Balaban J connectivity index is 2.37. The van der Waals surface area contributed by atoms with Gasteiger partial charge in [-0.1, -0.05) is 6.42 Å². The molecule has 2 N–H and O–H groups in total. The first kappa shape index (κ1) is 12.9. The van der Waals surface area contributed by atoms with Gasteiger partial charge >= 0.3 is 0 Å². The summed E-state index contributed by atoms with van der Waals surface area (Å²) in [4.78, 5) is 0. The summed E-state index contributed by atoms with van der Waals surface area (Å²) < 4.78 is 25.7. The molecule has 0 saturated carbocycles. The minimum absolute atomic E-state index is 0.294. The van der Waals surface area contributed by atoms with Gasteiger partial charge in [0.05, 0.1) is 5.25 Å². The fourth-order valence-corrected chi connectivity index (χ4v) is 2.55. The summed E-state index contributed by atoms with van der Waals surface area (Å²) >= 11 is 0. The Morgan fingerprint density at radius 3 is 2.60 bits per heavy atom. The van der Waals surface area contributed by atoms with Crippen LogP contribution in [-0.4, -0.2) is 32.3 Å². The van der Waals surface area contributed by atoms with Crippen molar-refractivity contribution in [3.63, 3.8) is 0 Å². The van der Waals surface area contributed by atoms with Crippen LogP contribution in [-0.2, 0) is 10.0 Å². The molecular formula is C10H22N2O2S. The van der Waals surface area contributed by atoms with Gasteiger partial charge in [0.25, 0.3) is 0 Å². The third-order valence-electron chi connectivity index (χ3n) is 2.86. The lowest BCUT2D eigenvalue weighted by atomic mass is 10.00. The van der Waals surface area contributed by atoms with E-state index in [1.807, 2.05) is 0 Å². The second-order valence-corrected chi connectivity index (χ2v) is 6.96. The van der Waals surface area contributed by atoms with Crippen LogP contribution < -0.4 is 10.0 Å². The maximum atomic E-state index is 11.5. The number of sulfonamides is 1. The SMILES string of the molecule is CC1CCCC(CNS(=O)(=O)C(C)C)N1. The molecule has 2 unspecified atom stereocenters. The van der Waals surface area contributed by atoms with Crippen molar-refractivity contribution in [2.45, 2.75) is 57.4 Å². The van der Waals surface area contributed by atoms with Crippen molar-refractivity contribution in [2.75, 3.05) is 6.54 Å². The zero-order valence-electron chi connectivity index (χ0n) is 9.79. The van der Waals surface area contributed by atoms with Crippen molar-refractivity contribution in [3.8, 4) is 0 Å². The van der Waals surface area contributed by atoms with Crippen LogP contribution in [0.5, 0.6) is 0 Å². The van der Waals surface area contributed by atoms with E-state index in [0.717, 1.165) is 6.42 Å². The molecule has 1 rings (SSSR count). The van der Waals surface area contributed by atoms with Gasteiger partial charge in [-0.3, -0.25) is 0 Å². The maximum Gasteiger partial charge on any atom is 0.213 e. The first-order chi connectivity index (χ1) is 6.92. The number of nitrogens with one attached hydrogen (secondary N) is 2. The topological polar surface area (TPSA) is 58.2 Å². The first-order valence-corrected chi connectivity index (χ1v) is 7.21. The van der Waals surface area contributed by atoms with Crippen LogP contribution >= 0.6 is 0 Å². The highest BCUT2D eigenvalue weighted by Crippen LogP contribution is 2.11. The highest BCUT2D eigenvalue weighted by atomic mass is 32.2. The summed E-state index contributed by atoms with van der Waals surface area (Å²) in [6, 6.07) is 0.801. The average molecular weight is 234 g/mol. The zero-order chi connectivity index (χ0) is 11.5. The lowest BCUT2D eigenvalue weighted by molar-refractivity contribution is 0.334. The summed E-state index contributed by atoms with van der Waals surface area (Å²) in [6.07, 6.45) is 3.43. The van der Waals surface area contributed by atoms with Crippen molar-refractivity contribution in [3.05, 3.63) is 0 Å². The minimum atomic E-state index is -3.11. The third-order valence-corrected chi connectivity index (χ3v) is 4.67. The lowest BCUT2D eigenvalue weighted by Gasteiger charge is -2.29. The fourth-order valence-electron chi connectivity index (χ4n) is 1.78. The van der Waals surface area contributed by atoms with E-state index in [1.165, 1.54) is 12.8 Å². The molecule has 0 spiro atoms. The van der Waals surface area contributed by atoms with Gasteiger partial charge in [0.1, 0.15) is 0 Å². The Morgan fingerprint density at radius 1 is 1.40 bits per heavy atom. The summed E-state index contributed by atoms with van der Waals surface area (Å²) in [5.74, 6) is 0. The van der Waals surface area contributed by atoms with Crippen LogP contribution in [0, 0.1) is 0 Å². The predicted octanol–water partition coefficient (Wildman–Crippen LogP) is 0.845. The van der Waals surface area contributed by atoms with E-state index < -0.39 is 10.0 Å². The number of piperidine rings is 1. The standard InChI is InChI=1S/C10H22N2O2S/c1-8(2)15(13,14)11-7-10-6-4-5-9(3)12-10/h8-12H,4-7H2,1-3H3. The third kappa shape index (κ3) is 4.09. The normalized spacial score (nSPS) is 28.3. The van der Waals surface area contributed by atoms with Crippen molar-refractivity contribution in [2.24, 2.45) is 0 Å². The molecule has 0 bridgehead atoms. The van der Waals surface area contributed by atoms with Crippen molar-refractivity contribution in [1.29, 1.82) is 0 Å². The molecule has 1 aliphatic rings. The quantitative estimate of drug-likeness (QED) is 0.758. The van der Waals surface area contributed by atoms with E-state index in [0.29, 0.717) is 18.6 Å². The van der Waals surface area contributed by atoms with E-state index in [1.54, 1.807) is 13.8 Å². The van der Waals surface area contributed by atoms with Crippen molar-refractivity contribution in [1.82, 2.24) is 10.0 Å².